The SMILES string of the molecule is Cc1cc(C)c(S(=O)(=O)NC(Cc2c[nH]c3ccccc23)C(F)(F)C(F)(F)F)c(N)c1. The number of anilines is 1. The van der Waals surface area contributed by atoms with Crippen LogP contribution in [0.4, 0.5) is 27.6 Å². The third-order valence-corrected chi connectivity index (χ3v) is 6.62. The van der Waals surface area contributed by atoms with Crippen LogP contribution in [0.25, 0.3) is 10.9 Å². The first-order chi connectivity index (χ1) is 14.2. The van der Waals surface area contributed by atoms with Crippen molar-refractivity contribution in [3.05, 3.63) is 59.3 Å². The van der Waals surface area contributed by atoms with Gasteiger partial charge in [0.2, 0.25) is 10.0 Å². The molecule has 0 aliphatic heterocycles. The molecular weight excluding hydrogens is 441 g/mol. The van der Waals surface area contributed by atoms with E-state index in [0.717, 1.165) is 0 Å². The van der Waals surface area contributed by atoms with Gasteiger partial charge in [-0.2, -0.15) is 22.0 Å². The molecule has 4 N–H and O–H groups in total. The second-order valence-corrected chi connectivity index (χ2v) is 9.01. The van der Waals surface area contributed by atoms with Crippen molar-refractivity contribution in [2.24, 2.45) is 0 Å². The molecule has 0 aliphatic rings. The molecular formula is C20H20F5N3O2S. The summed E-state index contributed by atoms with van der Waals surface area (Å²) in [6, 6.07) is 6.38. The zero-order chi connectivity index (χ0) is 23.2. The van der Waals surface area contributed by atoms with Crippen molar-refractivity contribution in [3.8, 4) is 0 Å². The van der Waals surface area contributed by atoms with Crippen LogP contribution in [0.5, 0.6) is 0 Å². The number of nitrogens with one attached hydrogen (secondary N) is 2. The smallest absolute Gasteiger partial charge is 0.398 e. The maximum Gasteiger partial charge on any atom is 0.454 e. The van der Waals surface area contributed by atoms with E-state index in [2.05, 4.69) is 4.98 Å². The van der Waals surface area contributed by atoms with Crippen LogP contribution in [-0.2, 0) is 16.4 Å². The summed E-state index contributed by atoms with van der Waals surface area (Å²) in [6.45, 7) is 3.03. The number of fused-ring (bicyclic) bond motifs is 1. The number of aromatic nitrogens is 1. The number of alkyl halides is 5. The van der Waals surface area contributed by atoms with Gasteiger partial charge in [0.15, 0.2) is 0 Å². The quantitative estimate of drug-likeness (QED) is 0.374. The highest BCUT2D eigenvalue weighted by molar-refractivity contribution is 7.89. The lowest BCUT2D eigenvalue weighted by molar-refractivity contribution is -0.291. The van der Waals surface area contributed by atoms with Crippen molar-refractivity contribution in [2.75, 3.05) is 5.73 Å². The van der Waals surface area contributed by atoms with Crippen LogP contribution in [-0.4, -0.2) is 31.5 Å². The Labute approximate surface area is 175 Å². The van der Waals surface area contributed by atoms with E-state index in [1.807, 2.05) is 0 Å². The Morgan fingerprint density at radius 3 is 2.35 bits per heavy atom. The topological polar surface area (TPSA) is 88.0 Å². The van der Waals surface area contributed by atoms with Gasteiger partial charge in [0, 0.05) is 17.1 Å². The number of hydrogen-bond donors (Lipinski definition) is 3. The summed E-state index contributed by atoms with van der Waals surface area (Å²) in [4.78, 5) is 2.25. The van der Waals surface area contributed by atoms with E-state index >= 15 is 0 Å². The summed E-state index contributed by atoms with van der Waals surface area (Å²) in [5.41, 5.74) is 6.89. The van der Waals surface area contributed by atoms with Gasteiger partial charge in [0.05, 0.1) is 11.7 Å². The van der Waals surface area contributed by atoms with Crippen LogP contribution >= 0.6 is 0 Å². The molecule has 1 aromatic heterocycles. The van der Waals surface area contributed by atoms with E-state index in [9.17, 15) is 30.4 Å². The van der Waals surface area contributed by atoms with Gasteiger partial charge in [0.25, 0.3) is 0 Å². The van der Waals surface area contributed by atoms with Crippen molar-refractivity contribution in [1.29, 1.82) is 0 Å². The van der Waals surface area contributed by atoms with Gasteiger partial charge < -0.3 is 10.7 Å². The maximum atomic E-state index is 14.4. The van der Waals surface area contributed by atoms with Crippen LogP contribution < -0.4 is 10.5 Å². The van der Waals surface area contributed by atoms with Gasteiger partial charge >= 0.3 is 12.1 Å². The number of H-pyrrole nitrogens is 1. The summed E-state index contributed by atoms with van der Waals surface area (Å²) in [5.74, 6) is -5.34. The highest BCUT2D eigenvalue weighted by Crippen LogP contribution is 2.40. The number of hydrogen-bond acceptors (Lipinski definition) is 3. The minimum absolute atomic E-state index is 0.112. The largest absolute Gasteiger partial charge is 0.454 e. The van der Waals surface area contributed by atoms with E-state index in [4.69, 9.17) is 5.73 Å². The number of aromatic amines is 1. The van der Waals surface area contributed by atoms with Crippen LogP contribution in [0.3, 0.4) is 0 Å². The molecule has 5 nitrogen and oxygen atoms in total. The highest BCUT2D eigenvalue weighted by Gasteiger charge is 2.63. The van der Waals surface area contributed by atoms with Gasteiger partial charge in [-0.3, -0.25) is 0 Å². The van der Waals surface area contributed by atoms with Crippen LogP contribution in [0.15, 0.2) is 47.5 Å². The molecule has 0 saturated heterocycles. The van der Waals surface area contributed by atoms with Crippen molar-refractivity contribution in [1.82, 2.24) is 9.71 Å². The average Bonchev–Trinajstić information content (AvgIpc) is 3.02. The Bertz CT molecular complexity index is 1200. The van der Waals surface area contributed by atoms with Crippen molar-refractivity contribution >= 4 is 26.6 Å². The summed E-state index contributed by atoms with van der Waals surface area (Å²) in [7, 11) is -4.80. The molecule has 31 heavy (non-hydrogen) atoms. The maximum absolute atomic E-state index is 14.4. The van der Waals surface area contributed by atoms with Gasteiger partial charge in [-0.15, -0.1) is 0 Å². The van der Waals surface area contributed by atoms with Crippen LogP contribution in [0.1, 0.15) is 16.7 Å². The lowest BCUT2D eigenvalue weighted by Gasteiger charge is -2.29. The predicted octanol–water partition coefficient (Wildman–Crippen LogP) is 4.45. The minimum atomic E-state index is -5.97. The van der Waals surface area contributed by atoms with Gasteiger partial charge in [0.1, 0.15) is 4.90 Å². The number of aryl methyl sites for hydroxylation is 2. The number of sulfonamides is 1. The minimum Gasteiger partial charge on any atom is -0.398 e. The number of benzene rings is 2. The van der Waals surface area contributed by atoms with Crippen molar-refractivity contribution in [3.63, 3.8) is 0 Å². The zero-order valence-corrected chi connectivity index (χ0v) is 17.3. The molecule has 0 saturated carbocycles. The molecule has 11 heteroatoms. The first kappa shape index (κ1) is 23.0. The number of para-hydroxylation sites is 1. The lowest BCUT2D eigenvalue weighted by atomic mass is 10.0. The molecule has 1 heterocycles. The molecule has 0 bridgehead atoms. The molecule has 1 atom stereocenters. The number of rotatable bonds is 6. The summed E-state index contributed by atoms with van der Waals surface area (Å²) in [6.07, 6.45) is -5.59. The first-order valence-corrected chi connectivity index (χ1v) is 10.6. The molecule has 3 rings (SSSR count). The third-order valence-electron chi connectivity index (χ3n) is 4.93. The molecule has 1 unspecified atom stereocenters. The van der Waals surface area contributed by atoms with Crippen molar-refractivity contribution in [2.45, 2.75) is 43.3 Å². The second-order valence-electron chi connectivity index (χ2n) is 7.36. The molecule has 3 aromatic rings. The predicted molar refractivity (Wildman–Crippen MR) is 107 cm³/mol. The third kappa shape index (κ3) is 4.38. The Hall–Kier alpha value is -2.66. The summed E-state index contributed by atoms with van der Waals surface area (Å²) >= 11 is 0. The second kappa shape index (κ2) is 7.79. The zero-order valence-electron chi connectivity index (χ0n) is 16.5. The Kier molecular flexibility index (Phi) is 5.78. The van der Waals surface area contributed by atoms with E-state index in [-0.39, 0.29) is 16.8 Å². The van der Waals surface area contributed by atoms with Crippen LogP contribution in [0, 0.1) is 13.8 Å². The Morgan fingerprint density at radius 1 is 1.10 bits per heavy atom. The molecule has 2 aromatic carbocycles. The average molecular weight is 461 g/mol. The van der Waals surface area contributed by atoms with E-state index < -0.39 is 39.5 Å². The van der Waals surface area contributed by atoms with Gasteiger partial charge in [-0.1, -0.05) is 24.3 Å². The summed E-state index contributed by atoms with van der Waals surface area (Å²) in [5, 5.41) is 0.413. The molecule has 0 spiro atoms. The van der Waals surface area contributed by atoms with Gasteiger partial charge in [-0.25, -0.2) is 13.1 Å². The number of halogens is 5. The van der Waals surface area contributed by atoms with Crippen LogP contribution in [0.2, 0.25) is 0 Å². The monoisotopic (exact) mass is 461 g/mol. The first-order valence-electron chi connectivity index (χ1n) is 9.12. The normalized spacial score (nSPS) is 14.2. The fraction of sp³-hybridized carbons (Fsp3) is 0.300. The standard InChI is InChI=1S/C20H20F5N3O2S/c1-11-7-12(2)18(15(26)8-11)31(29,30)28-17(19(21,22)20(23,24)25)9-13-10-27-16-6-4-3-5-14(13)16/h3-8,10,17,27-28H,9,26H2,1-2H3. The van der Waals surface area contributed by atoms with E-state index in [0.29, 0.717) is 16.5 Å². The van der Waals surface area contributed by atoms with Crippen molar-refractivity contribution < 1.29 is 30.4 Å². The lowest BCUT2D eigenvalue weighted by Crippen LogP contribution is -2.56. The Morgan fingerprint density at radius 2 is 1.74 bits per heavy atom. The Balaban J connectivity index is 2.07. The summed E-state index contributed by atoms with van der Waals surface area (Å²) < 4.78 is 95.7. The fourth-order valence-electron chi connectivity index (χ4n) is 3.56. The molecule has 0 fully saturated rings. The van der Waals surface area contributed by atoms with E-state index in [1.165, 1.54) is 25.3 Å². The van der Waals surface area contributed by atoms with Gasteiger partial charge in [-0.05, 0) is 49.1 Å². The molecule has 168 valence electrons. The molecule has 0 amide bonds. The molecule has 0 radical (unpaired) electrons. The number of nitrogen functional groups attached to an aromatic ring is 1. The highest BCUT2D eigenvalue weighted by atomic mass is 32.2. The fourth-order valence-corrected chi connectivity index (χ4v) is 5.14. The molecule has 0 aliphatic carbocycles. The van der Waals surface area contributed by atoms with E-state index in [1.54, 1.807) is 35.9 Å². The number of nitrogens with two attached hydrogens (primary N) is 1.